The van der Waals surface area contributed by atoms with Gasteiger partial charge in [-0.25, -0.2) is 0 Å². The average molecular weight is 751 g/mol. The van der Waals surface area contributed by atoms with E-state index in [-0.39, 0.29) is 0 Å². The summed E-state index contributed by atoms with van der Waals surface area (Å²) >= 11 is 2.36. The van der Waals surface area contributed by atoms with Crippen LogP contribution >= 0.6 is 0 Å². The van der Waals surface area contributed by atoms with Crippen LogP contribution in [-0.4, -0.2) is 23.7 Å². The molecular weight excluding hydrogens is 726 g/mol. The maximum atomic E-state index is 6.42. The molecule has 0 bridgehead atoms. The van der Waals surface area contributed by atoms with E-state index in [1.807, 2.05) is 36.5 Å². The van der Waals surface area contributed by atoms with Crippen molar-refractivity contribution in [1.29, 1.82) is 0 Å². The van der Waals surface area contributed by atoms with Gasteiger partial charge in [0, 0.05) is 24.2 Å². The Morgan fingerprint density at radius 2 is 1.48 bits per heavy atom. The number of hydrogen-bond donors (Lipinski definition) is 0. The van der Waals surface area contributed by atoms with Crippen LogP contribution in [0.3, 0.4) is 0 Å². The van der Waals surface area contributed by atoms with Gasteiger partial charge in [-0.3, -0.25) is 4.98 Å². The first-order chi connectivity index (χ1) is 21.6. The van der Waals surface area contributed by atoms with Gasteiger partial charge >= 0.3 is 194 Å². The summed E-state index contributed by atoms with van der Waals surface area (Å²) in [6.45, 7) is 2.12. The van der Waals surface area contributed by atoms with Crippen LogP contribution in [0.15, 0.2) is 116 Å². The second kappa shape index (κ2) is 10.6. The molecule has 8 aromatic rings. The maximum absolute atomic E-state index is 6.42. The Morgan fingerprint density at radius 3 is 2.30 bits per heavy atom. The second-order valence-corrected chi connectivity index (χ2v) is 11.7. The van der Waals surface area contributed by atoms with Gasteiger partial charge in [0.05, 0.1) is 0 Å². The fourth-order valence-electron chi connectivity index (χ4n) is 5.91. The molecule has 0 saturated carbocycles. The molecule has 0 aliphatic rings. The van der Waals surface area contributed by atoms with E-state index in [0.29, 0.717) is 11.5 Å². The summed E-state index contributed by atoms with van der Waals surface area (Å²) in [4.78, 5) is 9.08. The quantitative estimate of drug-likeness (QED) is 0.167. The number of para-hydroxylation sites is 3. The van der Waals surface area contributed by atoms with E-state index < -0.39 is 0 Å². The number of rotatable bonds is 5. The minimum Gasteiger partial charge on any atom is -0.265 e. The zero-order valence-electron chi connectivity index (χ0n) is 23.9. The third-order valence-electron chi connectivity index (χ3n) is 8.00. The van der Waals surface area contributed by atoms with Crippen molar-refractivity contribution in [3.8, 4) is 34.1 Å². The Kier molecular flexibility index (Phi) is 6.39. The van der Waals surface area contributed by atoms with Gasteiger partial charge in [-0.2, -0.15) is 0 Å². The molecule has 8 rings (SSSR count). The third kappa shape index (κ3) is 4.33. The molecule has 0 aliphatic carbocycles. The van der Waals surface area contributed by atoms with Crippen molar-refractivity contribution in [1.82, 2.24) is 23.7 Å². The number of ether oxygens (including phenoxy) is 1. The Balaban J connectivity index is 1.22. The number of nitrogens with zero attached hydrogens (tertiary/aromatic N) is 5. The van der Waals surface area contributed by atoms with E-state index in [1.165, 1.54) is 0 Å². The molecule has 4 aromatic carbocycles. The molecule has 0 saturated heterocycles. The van der Waals surface area contributed by atoms with Gasteiger partial charge in [-0.15, -0.1) is 0 Å². The Hall–Kier alpha value is -5.06. The van der Waals surface area contributed by atoms with Crippen molar-refractivity contribution in [2.24, 2.45) is 7.05 Å². The standard InChI is InChI=1S/C37H25N5O.Pt/c1-25-20-37(39-23-32(25)26-16-18-38-19-17-26)42-33-11-4-3-10-30(33)31-15-14-29(22-36(31)42)43-28-9-7-8-27(21-28)41-24-40(2)34-12-5-6-13-35(34)41;/h3-20,23H,1-2H3;/q-2;. The monoisotopic (exact) mass is 750 g/mol. The topological polar surface area (TPSA) is 49.8 Å². The van der Waals surface area contributed by atoms with Gasteiger partial charge in [0.1, 0.15) is 0 Å². The predicted octanol–water partition coefficient (Wildman–Crippen LogP) is 8.30. The fraction of sp³-hybridized carbons (Fsp3) is 0.0541. The zero-order chi connectivity index (χ0) is 29.8. The number of imidazole rings is 1. The van der Waals surface area contributed by atoms with Crippen LogP contribution in [0.1, 0.15) is 5.56 Å². The van der Waals surface area contributed by atoms with Gasteiger partial charge in [0.25, 0.3) is 0 Å². The van der Waals surface area contributed by atoms with Crippen LogP contribution in [0.5, 0.6) is 11.5 Å². The van der Waals surface area contributed by atoms with E-state index in [2.05, 4.69) is 131 Å². The fourth-order valence-corrected chi connectivity index (χ4v) is 6.73. The van der Waals surface area contributed by atoms with Gasteiger partial charge in [-0.1, -0.05) is 12.1 Å². The van der Waals surface area contributed by atoms with E-state index in [0.717, 1.165) is 64.8 Å². The van der Waals surface area contributed by atoms with Crippen molar-refractivity contribution >= 4 is 32.8 Å². The molecule has 0 N–H and O–H groups in total. The van der Waals surface area contributed by atoms with Crippen molar-refractivity contribution in [3.05, 3.63) is 137 Å². The molecule has 0 aliphatic heterocycles. The summed E-state index contributed by atoms with van der Waals surface area (Å²) in [6, 6.07) is 40.0. The molecule has 4 heterocycles. The molecule has 0 radical (unpaired) electrons. The van der Waals surface area contributed by atoms with Gasteiger partial charge < -0.3 is 0 Å². The molecule has 0 fully saturated rings. The van der Waals surface area contributed by atoms with E-state index in [9.17, 15) is 0 Å². The van der Waals surface area contributed by atoms with Crippen molar-refractivity contribution in [2.75, 3.05) is 0 Å². The number of hydrogen-bond acceptors (Lipinski definition) is 3. The van der Waals surface area contributed by atoms with E-state index in [4.69, 9.17) is 9.72 Å². The van der Waals surface area contributed by atoms with Crippen LogP contribution in [0.4, 0.5) is 0 Å². The Labute approximate surface area is 264 Å². The second-order valence-electron chi connectivity index (χ2n) is 10.7. The number of benzene rings is 4. The molecule has 0 atom stereocenters. The molecule has 7 heteroatoms. The number of aromatic nitrogens is 5. The number of pyridine rings is 2. The van der Waals surface area contributed by atoms with Gasteiger partial charge in [-0.05, 0) is 30.2 Å². The van der Waals surface area contributed by atoms with Crippen LogP contribution < -0.4 is 4.74 Å². The normalized spacial score (nSPS) is 11.5. The number of aryl methyl sites for hydroxylation is 2. The molecule has 4 aromatic heterocycles. The van der Waals surface area contributed by atoms with E-state index >= 15 is 0 Å². The van der Waals surface area contributed by atoms with E-state index in [1.54, 1.807) is 12.4 Å². The number of fused-ring (bicyclic) bond motifs is 4. The van der Waals surface area contributed by atoms with Gasteiger partial charge in [0.2, 0.25) is 0 Å². The van der Waals surface area contributed by atoms with Crippen molar-refractivity contribution in [3.63, 3.8) is 0 Å². The molecule has 216 valence electrons. The van der Waals surface area contributed by atoms with Crippen LogP contribution in [0, 0.1) is 22.9 Å². The Morgan fingerprint density at radius 1 is 0.727 bits per heavy atom. The summed E-state index contributed by atoms with van der Waals surface area (Å²) in [7, 11) is 2.08. The third-order valence-corrected chi connectivity index (χ3v) is 9.27. The van der Waals surface area contributed by atoms with Crippen LogP contribution in [0.25, 0.3) is 55.5 Å². The first-order valence-electron chi connectivity index (χ1n) is 14.2. The summed E-state index contributed by atoms with van der Waals surface area (Å²) in [6.07, 6.45) is 5.55. The summed E-state index contributed by atoms with van der Waals surface area (Å²) < 4.78 is 14.0. The summed E-state index contributed by atoms with van der Waals surface area (Å²) in [5.41, 5.74) is 8.46. The first-order valence-corrected chi connectivity index (χ1v) is 15.4. The average Bonchev–Trinajstić information content (AvgIpc) is 3.52. The molecule has 0 spiro atoms. The molecule has 0 unspecified atom stereocenters. The van der Waals surface area contributed by atoms with Gasteiger partial charge in [0.15, 0.2) is 0 Å². The van der Waals surface area contributed by atoms with Crippen LogP contribution in [-0.2, 0) is 26.4 Å². The minimum atomic E-state index is 0.609. The Bertz CT molecular complexity index is 2420. The summed E-state index contributed by atoms with van der Waals surface area (Å²) in [5, 5.41) is 2.22. The molecule has 0 amide bonds. The van der Waals surface area contributed by atoms with Crippen molar-refractivity contribution in [2.45, 2.75) is 6.92 Å². The first kappa shape index (κ1) is 26.6. The smallest absolute Gasteiger partial charge is 0.265 e. The molecular formula is C37H25N5OPt-2. The van der Waals surface area contributed by atoms with Crippen LogP contribution in [0.2, 0.25) is 0 Å². The molecule has 44 heavy (non-hydrogen) atoms. The zero-order valence-corrected chi connectivity index (χ0v) is 26.2. The summed E-state index contributed by atoms with van der Waals surface area (Å²) in [5.74, 6) is 2.06. The SMILES string of the molecule is Cc1cc(-n2c3[c-]c(Oc4[c-]c(-n5[c](=[Pt])n(C)c6ccccc65)ccc4)ccc3c3ccccc32)ncc1-c1ccncc1. The predicted molar refractivity (Wildman–Crippen MR) is 170 cm³/mol. The minimum absolute atomic E-state index is 0.609. The van der Waals surface area contributed by atoms with Crippen molar-refractivity contribution < 1.29 is 24.1 Å². The molecule has 6 nitrogen and oxygen atoms in total.